The summed E-state index contributed by atoms with van der Waals surface area (Å²) in [7, 11) is 0. The Morgan fingerprint density at radius 1 is 0.697 bits per heavy atom. The minimum absolute atomic E-state index is 0. The lowest BCUT2D eigenvalue weighted by atomic mass is 9.97. The van der Waals surface area contributed by atoms with Crippen LogP contribution in [0.3, 0.4) is 0 Å². The van der Waals surface area contributed by atoms with E-state index in [2.05, 4.69) is 115 Å². The summed E-state index contributed by atoms with van der Waals surface area (Å²) in [5.74, 6) is 0.574. The highest BCUT2D eigenvalue weighted by Gasteiger charge is 2.24. The Balaban J connectivity index is 0.00000272. The first kappa shape index (κ1) is 29.2. The van der Waals surface area contributed by atoms with Gasteiger partial charge in [0.25, 0.3) is 0 Å². The van der Waals surface area contributed by atoms with E-state index in [1.54, 1.807) is 0 Å². The summed E-state index contributed by atoms with van der Waals surface area (Å²) < 4.78 is 0. The Morgan fingerprint density at radius 3 is 1.61 bits per heavy atom. The third-order valence-electron chi connectivity index (χ3n) is 5.51. The summed E-state index contributed by atoms with van der Waals surface area (Å²) in [6, 6.07) is 32.0. The van der Waals surface area contributed by atoms with E-state index >= 15 is 0 Å². The van der Waals surface area contributed by atoms with E-state index in [9.17, 15) is 5.11 Å². The first-order valence-corrected chi connectivity index (χ1v) is 11.4. The molecule has 0 radical (unpaired) electrons. The molecule has 0 heterocycles. The van der Waals surface area contributed by atoms with E-state index in [1.165, 1.54) is 16.7 Å². The number of aliphatic hydroxyl groups excluding tert-OH is 1. The van der Waals surface area contributed by atoms with Crippen molar-refractivity contribution in [1.82, 2.24) is 10.2 Å². The molecule has 2 atom stereocenters. The van der Waals surface area contributed by atoms with Crippen molar-refractivity contribution in [2.75, 3.05) is 13.1 Å². The molecule has 0 saturated heterocycles. The number of hydrogen-bond donors (Lipinski definition) is 2. The normalized spacial score (nSPS) is 12.6. The molecule has 0 fully saturated rings. The van der Waals surface area contributed by atoms with Crippen LogP contribution in [0.4, 0.5) is 0 Å². The number of rotatable bonds is 12. The second-order valence-electron chi connectivity index (χ2n) is 8.74. The third-order valence-corrected chi connectivity index (χ3v) is 5.51. The second-order valence-corrected chi connectivity index (χ2v) is 8.74. The van der Waals surface area contributed by atoms with E-state index in [0.717, 1.165) is 19.6 Å². The van der Waals surface area contributed by atoms with Gasteiger partial charge in [0.15, 0.2) is 0 Å². The van der Waals surface area contributed by atoms with Crippen LogP contribution in [0.1, 0.15) is 43.0 Å². The lowest BCUT2D eigenvalue weighted by Gasteiger charge is -2.34. The average molecular weight is 490 g/mol. The SMILES string of the molecule is CC(C)CNC[C@H](O)C[C@@H](c1ccccc1)N(Cc1ccccc1)Cc1ccccc1.Cl.Cl. The molecule has 0 aliphatic rings. The van der Waals surface area contributed by atoms with Crippen LogP contribution in [0, 0.1) is 5.92 Å². The Labute approximate surface area is 212 Å². The van der Waals surface area contributed by atoms with Crippen molar-refractivity contribution in [3.8, 4) is 0 Å². The van der Waals surface area contributed by atoms with Gasteiger partial charge in [0.05, 0.1) is 6.10 Å². The molecule has 0 aliphatic heterocycles. The van der Waals surface area contributed by atoms with E-state index < -0.39 is 6.10 Å². The Morgan fingerprint density at radius 2 is 1.15 bits per heavy atom. The van der Waals surface area contributed by atoms with Crippen LogP contribution in [-0.4, -0.2) is 29.2 Å². The van der Waals surface area contributed by atoms with Gasteiger partial charge in [-0.05, 0) is 35.6 Å². The first-order valence-electron chi connectivity index (χ1n) is 11.4. The lowest BCUT2D eigenvalue weighted by molar-refractivity contribution is 0.0906. The molecule has 0 amide bonds. The minimum Gasteiger partial charge on any atom is -0.392 e. The van der Waals surface area contributed by atoms with Gasteiger partial charge < -0.3 is 10.4 Å². The summed E-state index contributed by atoms with van der Waals surface area (Å²) in [6.45, 7) is 7.58. The van der Waals surface area contributed by atoms with Crippen molar-refractivity contribution in [1.29, 1.82) is 0 Å². The van der Waals surface area contributed by atoms with Gasteiger partial charge in [-0.25, -0.2) is 0 Å². The molecule has 0 aromatic heterocycles. The number of aliphatic hydroxyl groups is 1. The van der Waals surface area contributed by atoms with Crippen molar-refractivity contribution in [2.45, 2.75) is 45.5 Å². The molecular weight excluding hydrogens is 451 g/mol. The van der Waals surface area contributed by atoms with Gasteiger partial charge in [0.1, 0.15) is 0 Å². The van der Waals surface area contributed by atoms with Crippen molar-refractivity contribution in [2.24, 2.45) is 5.92 Å². The number of halogens is 2. The highest BCUT2D eigenvalue weighted by atomic mass is 35.5. The van der Waals surface area contributed by atoms with Gasteiger partial charge in [0.2, 0.25) is 0 Å². The predicted octanol–water partition coefficient (Wildman–Crippen LogP) is 6.27. The monoisotopic (exact) mass is 488 g/mol. The smallest absolute Gasteiger partial charge is 0.0682 e. The topological polar surface area (TPSA) is 35.5 Å². The zero-order valence-electron chi connectivity index (χ0n) is 19.6. The fourth-order valence-corrected chi connectivity index (χ4v) is 3.96. The fourth-order valence-electron chi connectivity index (χ4n) is 3.96. The van der Waals surface area contributed by atoms with Crippen LogP contribution >= 0.6 is 24.8 Å². The Bertz CT molecular complexity index is 821. The molecule has 0 spiro atoms. The standard InChI is InChI=1S/C28H36N2O.2ClH/c1-23(2)19-29-20-27(31)18-28(26-16-10-5-11-17-26)30(21-24-12-6-3-7-13-24)22-25-14-8-4-9-15-25;;/h3-17,23,27-29,31H,18-22H2,1-2H3;2*1H/t27-,28+;;/m1../s1. The molecule has 0 unspecified atom stereocenters. The fraction of sp³-hybridized carbons (Fsp3) is 0.357. The molecule has 3 nitrogen and oxygen atoms in total. The van der Waals surface area contributed by atoms with Gasteiger partial charge >= 0.3 is 0 Å². The maximum absolute atomic E-state index is 10.9. The highest BCUT2D eigenvalue weighted by molar-refractivity contribution is 5.85. The summed E-state index contributed by atoms with van der Waals surface area (Å²) >= 11 is 0. The largest absolute Gasteiger partial charge is 0.392 e. The summed E-state index contributed by atoms with van der Waals surface area (Å²) in [6.07, 6.45) is 0.285. The third kappa shape index (κ3) is 10.3. The molecular formula is C28H38Cl2N2O. The summed E-state index contributed by atoms with van der Waals surface area (Å²) in [5.41, 5.74) is 3.82. The van der Waals surface area contributed by atoms with Gasteiger partial charge in [-0.15, -0.1) is 24.8 Å². The highest BCUT2D eigenvalue weighted by Crippen LogP contribution is 2.29. The van der Waals surface area contributed by atoms with Crippen molar-refractivity contribution in [3.05, 3.63) is 108 Å². The van der Waals surface area contributed by atoms with Crippen LogP contribution in [-0.2, 0) is 13.1 Å². The molecule has 0 bridgehead atoms. The van der Waals surface area contributed by atoms with Crippen LogP contribution < -0.4 is 5.32 Å². The van der Waals surface area contributed by atoms with Gasteiger partial charge in [-0.3, -0.25) is 4.90 Å². The van der Waals surface area contributed by atoms with Gasteiger partial charge in [-0.2, -0.15) is 0 Å². The van der Waals surface area contributed by atoms with Crippen molar-refractivity contribution >= 4 is 24.8 Å². The number of nitrogens with one attached hydrogen (secondary N) is 1. The van der Waals surface area contributed by atoms with Crippen molar-refractivity contribution in [3.63, 3.8) is 0 Å². The molecule has 5 heteroatoms. The van der Waals surface area contributed by atoms with Crippen LogP contribution in [0.5, 0.6) is 0 Å². The Hall–Kier alpha value is -1.88. The molecule has 0 aliphatic carbocycles. The molecule has 3 aromatic rings. The van der Waals surface area contributed by atoms with E-state index in [1.807, 2.05) is 0 Å². The van der Waals surface area contributed by atoms with E-state index in [4.69, 9.17) is 0 Å². The molecule has 3 rings (SSSR count). The van der Waals surface area contributed by atoms with Gasteiger partial charge in [0, 0.05) is 25.7 Å². The predicted molar refractivity (Wildman–Crippen MR) is 144 cm³/mol. The van der Waals surface area contributed by atoms with Crippen LogP contribution in [0.15, 0.2) is 91.0 Å². The zero-order valence-corrected chi connectivity index (χ0v) is 21.3. The Kier molecular flexibility index (Phi) is 14.0. The average Bonchev–Trinajstić information content (AvgIpc) is 2.79. The zero-order chi connectivity index (χ0) is 21.9. The van der Waals surface area contributed by atoms with Crippen LogP contribution in [0.25, 0.3) is 0 Å². The molecule has 0 saturated carbocycles. The molecule has 3 aromatic carbocycles. The maximum Gasteiger partial charge on any atom is 0.0682 e. The number of nitrogens with zero attached hydrogens (tertiary/aromatic N) is 1. The minimum atomic E-state index is -0.405. The summed E-state index contributed by atoms with van der Waals surface area (Å²) in [5, 5.41) is 14.3. The lowest BCUT2D eigenvalue weighted by Crippen LogP contribution is -2.35. The van der Waals surface area contributed by atoms with Crippen molar-refractivity contribution < 1.29 is 5.11 Å². The molecule has 33 heavy (non-hydrogen) atoms. The number of hydrogen-bond acceptors (Lipinski definition) is 3. The maximum atomic E-state index is 10.9. The quantitative estimate of drug-likeness (QED) is 0.315. The van der Waals surface area contributed by atoms with E-state index in [0.29, 0.717) is 18.9 Å². The molecule has 180 valence electrons. The second kappa shape index (κ2) is 15.9. The van der Waals surface area contributed by atoms with Crippen LogP contribution in [0.2, 0.25) is 0 Å². The summed E-state index contributed by atoms with van der Waals surface area (Å²) in [4.78, 5) is 2.49. The first-order chi connectivity index (χ1) is 15.1. The number of benzene rings is 3. The molecule has 2 N–H and O–H groups in total. The van der Waals surface area contributed by atoms with Gasteiger partial charge in [-0.1, -0.05) is 105 Å². The van der Waals surface area contributed by atoms with E-state index in [-0.39, 0.29) is 30.9 Å².